The number of nitrogens with two attached hydrogens (primary N) is 1. The quantitative estimate of drug-likeness (QED) is 0.919. The van der Waals surface area contributed by atoms with E-state index in [0.29, 0.717) is 6.54 Å². The minimum Gasteiger partial charge on any atom is -0.330 e. The van der Waals surface area contributed by atoms with Crippen molar-refractivity contribution in [3.63, 3.8) is 0 Å². The first-order valence-corrected chi connectivity index (χ1v) is 5.90. The number of amides is 1. The maximum atomic E-state index is 11.7. The Kier molecular flexibility index (Phi) is 4.10. The number of carbonyl (C=O) groups is 1. The Balaban J connectivity index is 2.75. The van der Waals surface area contributed by atoms with Crippen molar-refractivity contribution in [1.82, 2.24) is 0 Å². The molecule has 0 radical (unpaired) electrons. The first-order valence-electron chi connectivity index (χ1n) is 4.29. The molecule has 0 bridgehead atoms. The fraction of sp³-hybridized carbons (Fsp3) is 0.444. The lowest BCUT2D eigenvalue weighted by molar-refractivity contribution is -0.121. The Morgan fingerprint density at radius 3 is 2.79 bits per heavy atom. The van der Waals surface area contributed by atoms with Crippen LogP contribution in [-0.2, 0) is 4.79 Å². The molecular formula is C9H13BrN2OS. The van der Waals surface area contributed by atoms with E-state index in [1.807, 2.05) is 19.1 Å². The summed E-state index contributed by atoms with van der Waals surface area (Å²) in [5.74, 6) is -0.0669. The lowest BCUT2D eigenvalue weighted by Crippen LogP contribution is -2.34. The molecule has 0 aliphatic heterocycles. The van der Waals surface area contributed by atoms with Crippen LogP contribution in [0.15, 0.2) is 15.9 Å². The molecule has 1 amide bonds. The zero-order valence-electron chi connectivity index (χ0n) is 8.16. The average molecular weight is 277 g/mol. The zero-order chi connectivity index (χ0) is 10.7. The summed E-state index contributed by atoms with van der Waals surface area (Å²) in [6.07, 6.45) is 0. The molecule has 1 unspecified atom stereocenters. The van der Waals surface area contributed by atoms with Gasteiger partial charge in [0.15, 0.2) is 0 Å². The van der Waals surface area contributed by atoms with Crippen molar-refractivity contribution in [2.75, 3.05) is 18.5 Å². The molecule has 3 nitrogen and oxygen atoms in total. The fourth-order valence-electron chi connectivity index (χ4n) is 1.03. The third kappa shape index (κ3) is 2.56. The Labute approximate surface area is 96.0 Å². The van der Waals surface area contributed by atoms with Gasteiger partial charge in [-0.1, -0.05) is 6.92 Å². The van der Waals surface area contributed by atoms with Crippen LogP contribution in [0, 0.1) is 5.92 Å². The van der Waals surface area contributed by atoms with Crippen LogP contribution in [0.25, 0.3) is 0 Å². The van der Waals surface area contributed by atoms with Crippen molar-refractivity contribution in [1.29, 1.82) is 0 Å². The van der Waals surface area contributed by atoms with Crippen LogP contribution >= 0.6 is 27.3 Å². The van der Waals surface area contributed by atoms with Crippen LogP contribution in [0.1, 0.15) is 6.92 Å². The Hall–Kier alpha value is -0.390. The molecule has 1 aromatic rings. The highest BCUT2D eigenvalue weighted by Crippen LogP contribution is 2.29. The van der Waals surface area contributed by atoms with Crippen LogP contribution in [0.5, 0.6) is 0 Å². The second-order valence-electron chi connectivity index (χ2n) is 3.11. The largest absolute Gasteiger partial charge is 0.330 e. The van der Waals surface area contributed by atoms with Crippen molar-refractivity contribution >= 4 is 38.2 Å². The molecule has 1 heterocycles. The predicted octanol–water partition coefficient (Wildman–Crippen LogP) is 2.07. The topological polar surface area (TPSA) is 46.3 Å². The summed E-state index contributed by atoms with van der Waals surface area (Å²) < 4.78 is 1.02. The molecule has 2 N–H and O–H groups in total. The molecule has 78 valence electrons. The summed E-state index contributed by atoms with van der Waals surface area (Å²) in [6, 6.07) is 3.84. The Bertz CT molecular complexity index is 326. The molecule has 0 saturated heterocycles. The highest BCUT2D eigenvalue weighted by atomic mass is 79.9. The number of halogens is 1. The SMILES string of the molecule is CC(CN)C(=O)N(C)c1ccc(Br)s1. The number of nitrogens with zero attached hydrogens (tertiary/aromatic N) is 1. The molecule has 14 heavy (non-hydrogen) atoms. The molecule has 5 heteroatoms. The van der Waals surface area contributed by atoms with E-state index in [4.69, 9.17) is 5.73 Å². The van der Waals surface area contributed by atoms with E-state index in [9.17, 15) is 4.79 Å². The Morgan fingerprint density at radius 1 is 1.71 bits per heavy atom. The number of anilines is 1. The molecule has 1 atom stereocenters. The Morgan fingerprint density at radius 2 is 2.36 bits per heavy atom. The van der Waals surface area contributed by atoms with Gasteiger partial charge in [-0.3, -0.25) is 4.79 Å². The van der Waals surface area contributed by atoms with E-state index in [1.54, 1.807) is 11.9 Å². The molecule has 0 fully saturated rings. The van der Waals surface area contributed by atoms with Gasteiger partial charge in [0.05, 0.1) is 8.79 Å². The van der Waals surface area contributed by atoms with Crippen LogP contribution < -0.4 is 10.6 Å². The second-order valence-corrected chi connectivity index (χ2v) is 5.55. The summed E-state index contributed by atoms with van der Waals surface area (Å²) in [5, 5.41) is 0.933. The van der Waals surface area contributed by atoms with Gasteiger partial charge in [-0.15, -0.1) is 11.3 Å². The smallest absolute Gasteiger partial charge is 0.231 e. The highest BCUT2D eigenvalue weighted by molar-refractivity contribution is 9.11. The van der Waals surface area contributed by atoms with Crippen molar-refractivity contribution in [2.45, 2.75) is 6.92 Å². The summed E-state index contributed by atoms with van der Waals surface area (Å²) in [6.45, 7) is 2.22. The predicted molar refractivity (Wildman–Crippen MR) is 63.6 cm³/mol. The lowest BCUT2D eigenvalue weighted by atomic mass is 10.1. The minimum atomic E-state index is -0.124. The first kappa shape index (κ1) is 11.7. The molecule has 0 spiro atoms. The third-order valence-corrected chi connectivity index (χ3v) is 3.70. The van der Waals surface area contributed by atoms with E-state index in [0.717, 1.165) is 8.79 Å². The maximum Gasteiger partial charge on any atom is 0.231 e. The molecule has 0 saturated carbocycles. The second kappa shape index (κ2) is 4.91. The fourth-order valence-corrected chi connectivity index (χ4v) is 2.35. The van der Waals surface area contributed by atoms with Gasteiger partial charge >= 0.3 is 0 Å². The monoisotopic (exact) mass is 276 g/mol. The molecular weight excluding hydrogens is 264 g/mol. The van der Waals surface area contributed by atoms with Crippen molar-refractivity contribution in [3.05, 3.63) is 15.9 Å². The van der Waals surface area contributed by atoms with Gasteiger partial charge in [0.2, 0.25) is 5.91 Å². The molecule has 0 aliphatic carbocycles. The normalized spacial score (nSPS) is 12.6. The third-order valence-electron chi connectivity index (χ3n) is 2.00. The van der Waals surface area contributed by atoms with Gasteiger partial charge in [0, 0.05) is 19.5 Å². The number of rotatable bonds is 3. The summed E-state index contributed by atoms with van der Waals surface area (Å²) >= 11 is 4.89. The molecule has 1 aromatic heterocycles. The van der Waals surface area contributed by atoms with E-state index in [1.165, 1.54) is 11.3 Å². The highest BCUT2D eigenvalue weighted by Gasteiger charge is 2.18. The standard InChI is InChI=1S/C9H13BrN2OS/c1-6(5-11)9(13)12(2)8-4-3-7(10)14-8/h3-4,6H,5,11H2,1-2H3. The van der Waals surface area contributed by atoms with Crippen molar-refractivity contribution in [2.24, 2.45) is 11.7 Å². The molecule has 1 rings (SSSR count). The number of hydrogen-bond donors (Lipinski definition) is 1. The summed E-state index contributed by atoms with van der Waals surface area (Å²) in [5.41, 5.74) is 5.44. The lowest BCUT2D eigenvalue weighted by Gasteiger charge is -2.18. The van der Waals surface area contributed by atoms with Gasteiger partial charge in [-0.2, -0.15) is 0 Å². The van der Waals surface area contributed by atoms with Crippen molar-refractivity contribution in [3.8, 4) is 0 Å². The number of thiophene rings is 1. The first-order chi connectivity index (χ1) is 6.56. The summed E-state index contributed by atoms with van der Waals surface area (Å²) in [4.78, 5) is 13.4. The van der Waals surface area contributed by atoms with E-state index < -0.39 is 0 Å². The van der Waals surface area contributed by atoms with E-state index >= 15 is 0 Å². The average Bonchev–Trinajstić information content (AvgIpc) is 2.61. The minimum absolute atomic E-state index is 0.0573. The van der Waals surface area contributed by atoms with E-state index in [-0.39, 0.29) is 11.8 Å². The van der Waals surface area contributed by atoms with Gasteiger partial charge < -0.3 is 10.6 Å². The maximum absolute atomic E-state index is 11.7. The van der Waals surface area contributed by atoms with Crippen LogP contribution in [0.3, 0.4) is 0 Å². The van der Waals surface area contributed by atoms with Crippen LogP contribution in [-0.4, -0.2) is 19.5 Å². The summed E-state index contributed by atoms with van der Waals surface area (Å²) in [7, 11) is 1.77. The van der Waals surface area contributed by atoms with Gasteiger partial charge in [0.25, 0.3) is 0 Å². The molecule has 0 aliphatic rings. The van der Waals surface area contributed by atoms with Crippen LogP contribution in [0.2, 0.25) is 0 Å². The number of carbonyl (C=O) groups excluding carboxylic acids is 1. The van der Waals surface area contributed by atoms with Gasteiger partial charge in [-0.05, 0) is 28.1 Å². The van der Waals surface area contributed by atoms with Crippen LogP contribution in [0.4, 0.5) is 5.00 Å². The van der Waals surface area contributed by atoms with Gasteiger partial charge in [-0.25, -0.2) is 0 Å². The molecule has 0 aromatic carbocycles. The van der Waals surface area contributed by atoms with E-state index in [2.05, 4.69) is 15.9 Å². The van der Waals surface area contributed by atoms with Gasteiger partial charge in [0.1, 0.15) is 0 Å². The van der Waals surface area contributed by atoms with Crippen molar-refractivity contribution < 1.29 is 4.79 Å². The zero-order valence-corrected chi connectivity index (χ0v) is 10.6. The number of hydrogen-bond acceptors (Lipinski definition) is 3.